The molecule has 0 heterocycles. The van der Waals surface area contributed by atoms with Crippen molar-refractivity contribution in [2.75, 3.05) is 7.11 Å². The van der Waals surface area contributed by atoms with Gasteiger partial charge in [-0.25, -0.2) is 0 Å². The van der Waals surface area contributed by atoms with Crippen molar-refractivity contribution in [3.05, 3.63) is 24.3 Å². The number of hydrogen-bond acceptors (Lipinski definition) is 1. The van der Waals surface area contributed by atoms with Crippen molar-refractivity contribution in [3.63, 3.8) is 0 Å². The molecule has 1 nitrogen and oxygen atoms in total. The standard InChI is InChI=1S/C13H20O/c1-3-9-13(14-2)10-8-11-6-4-5-7-12(11)13/h4-7,11-12H,3,8-10H2,1-2H3. The molecule has 0 amide bonds. The molecule has 0 spiro atoms. The van der Waals surface area contributed by atoms with Crippen LogP contribution in [-0.4, -0.2) is 12.7 Å². The van der Waals surface area contributed by atoms with Gasteiger partial charge in [-0.15, -0.1) is 0 Å². The number of methoxy groups -OCH3 is 1. The Labute approximate surface area is 86.8 Å². The zero-order chi connectivity index (χ0) is 10.0. The molecular weight excluding hydrogens is 172 g/mol. The average Bonchev–Trinajstić information content (AvgIpc) is 2.59. The minimum Gasteiger partial charge on any atom is -0.378 e. The summed E-state index contributed by atoms with van der Waals surface area (Å²) >= 11 is 0. The van der Waals surface area contributed by atoms with E-state index in [9.17, 15) is 0 Å². The number of fused-ring (bicyclic) bond motifs is 1. The van der Waals surface area contributed by atoms with Crippen LogP contribution in [0.4, 0.5) is 0 Å². The zero-order valence-electron chi connectivity index (χ0n) is 9.20. The first-order chi connectivity index (χ1) is 6.82. The second-order valence-corrected chi connectivity index (χ2v) is 4.52. The third-order valence-corrected chi connectivity index (χ3v) is 3.84. The molecule has 3 atom stereocenters. The first-order valence-corrected chi connectivity index (χ1v) is 5.72. The maximum Gasteiger partial charge on any atom is 0.0746 e. The van der Waals surface area contributed by atoms with Crippen molar-refractivity contribution in [3.8, 4) is 0 Å². The predicted octanol–water partition coefficient (Wildman–Crippen LogP) is 3.32. The molecule has 1 heteroatoms. The Morgan fingerprint density at radius 3 is 2.86 bits per heavy atom. The highest BCUT2D eigenvalue weighted by atomic mass is 16.5. The van der Waals surface area contributed by atoms with Gasteiger partial charge in [0, 0.05) is 13.0 Å². The smallest absolute Gasteiger partial charge is 0.0746 e. The van der Waals surface area contributed by atoms with Gasteiger partial charge in [0.25, 0.3) is 0 Å². The van der Waals surface area contributed by atoms with Gasteiger partial charge in [0.2, 0.25) is 0 Å². The van der Waals surface area contributed by atoms with E-state index in [1.165, 1.54) is 25.7 Å². The summed E-state index contributed by atoms with van der Waals surface area (Å²) in [4.78, 5) is 0. The summed E-state index contributed by atoms with van der Waals surface area (Å²) in [6.45, 7) is 2.25. The fraction of sp³-hybridized carbons (Fsp3) is 0.692. The van der Waals surface area contributed by atoms with E-state index in [0.717, 1.165) is 5.92 Å². The van der Waals surface area contributed by atoms with Crippen LogP contribution in [0.25, 0.3) is 0 Å². The number of rotatable bonds is 3. The van der Waals surface area contributed by atoms with Crippen LogP contribution in [0.1, 0.15) is 32.6 Å². The lowest BCUT2D eigenvalue weighted by atomic mass is 9.80. The van der Waals surface area contributed by atoms with E-state index in [1.54, 1.807) is 0 Å². The van der Waals surface area contributed by atoms with Crippen molar-refractivity contribution in [2.45, 2.75) is 38.2 Å². The van der Waals surface area contributed by atoms with Crippen LogP contribution >= 0.6 is 0 Å². The monoisotopic (exact) mass is 192 g/mol. The van der Waals surface area contributed by atoms with Crippen LogP contribution in [0.3, 0.4) is 0 Å². The Morgan fingerprint density at radius 2 is 2.14 bits per heavy atom. The fourth-order valence-corrected chi connectivity index (χ4v) is 3.13. The Hall–Kier alpha value is -0.560. The minimum atomic E-state index is 0.140. The summed E-state index contributed by atoms with van der Waals surface area (Å²) in [5.41, 5.74) is 0.140. The molecule has 0 bridgehead atoms. The van der Waals surface area contributed by atoms with E-state index >= 15 is 0 Å². The molecule has 2 rings (SSSR count). The quantitative estimate of drug-likeness (QED) is 0.666. The van der Waals surface area contributed by atoms with E-state index in [4.69, 9.17) is 4.74 Å². The van der Waals surface area contributed by atoms with Gasteiger partial charge in [0.05, 0.1) is 5.60 Å². The van der Waals surface area contributed by atoms with Crippen LogP contribution in [-0.2, 0) is 4.74 Å². The molecule has 2 aliphatic carbocycles. The summed E-state index contributed by atoms with van der Waals surface area (Å²) in [5.74, 6) is 1.35. The summed E-state index contributed by atoms with van der Waals surface area (Å²) in [5, 5.41) is 0. The minimum absolute atomic E-state index is 0.140. The highest BCUT2D eigenvalue weighted by Gasteiger charge is 2.46. The van der Waals surface area contributed by atoms with Crippen LogP contribution < -0.4 is 0 Å². The summed E-state index contributed by atoms with van der Waals surface area (Å²) in [7, 11) is 1.88. The van der Waals surface area contributed by atoms with Gasteiger partial charge in [-0.3, -0.25) is 0 Å². The molecule has 0 N–H and O–H groups in total. The topological polar surface area (TPSA) is 9.23 Å². The van der Waals surface area contributed by atoms with Gasteiger partial charge >= 0.3 is 0 Å². The second kappa shape index (κ2) is 3.90. The molecule has 1 fully saturated rings. The largest absolute Gasteiger partial charge is 0.378 e. The molecule has 14 heavy (non-hydrogen) atoms. The Balaban J connectivity index is 2.20. The fourth-order valence-electron chi connectivity index (χ4n) is 3.13. The lowest BCUT2D eigenvalue weighted by Crippen LogP contribution is -2.36. The van der Waals surface area contributed by atoms with E-state index in [2.05, 4.69) is 31.2 Å². The van der Waals surface area contributed by atoms with Gasteiger partial charge in [-0.05, 0) is 25.2 Å². The number of allylic oxidation sites excluding steroid dienone is 3. The third-order valence-electron chi connectivity index (χ3n) is 3.84. The van der Waals surface area contributed by atoms with E-state index in [1.807, 2.05) is 7.11 Å². The molecule has 1 saturated carbocycles. The van der Waals surface area contributed by atoms with Crippen molar-refractivity contribution < 1.29 is 4.74 Å². The summed E-state index contributed by atoms with van der Waals surface area (Å²) < 4.78 is 5.82. The maximum atomic E-state index is 5.82. The molecule has 2 aliphatic rings. The van der Waals surface area contributed by atoms with Gasteiger partial charge in [0.15, 0.2) is 0 Å². The first kappa shape index (κ1) is 9.97. The summed E-state index contributed by atoms with van der Waals surface area (Å²) in [6, 6.07) is 0. The SMILES string of the molecule is CCCC1(OC)CCC2C=CC=CC21. The van der Waals surface area contributed by atoms with Crippen molar-refractivity contribution in [1.82, 2.24) is 0 Å². The predicted molar refractivity (Wildman–Crippen MR) is 59.1 cm³/mol. The van der Waals surface area contributed by atoms with Gasteiger partial charge in [0.1, 0.15) is 0 Å². The third kappa shape index (κ3) is 1.44. The van der Waals surface area contributed by atoms with Crippen LogP contribution in [0.15, 0.2) is 24.3 Å². The zero-order valence-corrected chi connectivity index (χ0v) is 9.20. The highest BCUT2D eigenvalue weighted by molar-refractivity contribution is 5.21. The van der Waals surface area contributed by atoms with Crippen LogP contribution in [0.5, 0.6) is 0 Å². The molecule has 0 aromatic carbocycles. The first-order valence-electron chi connectivity index (χ1n) is 5.72. The van der Waals surface area contributed by atoms with E-state index in [0.29, 0.717) is 5.92 Å². The molecular formula is C13H20O. The summed E-state index contributed by atoms with van der Waals surface area (Å²) in [6.07, 6.45) is 14.0. The molecule has 78 valence electrons. The molecule has 0 radical (unpaired) electrons. The molecule has 3 unspecified atom stereocenters. The highest BCUT2D eigenvalue weighted by Crippen LogP contribution is 2.47. The Kier molecular flexibility index (Phi) is 2.78. The Morgan fingerprint density at radius 1 is 1.36 bits per heavy atom. The molecule has 0 aromatic rings. The van der Waals surface area contributed by atoms with Crippen LogP contribution in [0, 0.1) is 11.8 Å². The van der Waals surface area contributed by atoms with Crippen molar-refractivity contribution in [2.24, 2.45) is 11.8 Å². The second-order valence-electron chi connectivity index (χ2n) is 4.52. The van der Waals surface area contributed by atoms with E-state index in [-0.39, 0.29) is 5.60 Å². The molecule has 0 saturated heterocycles. The molecule has 0 aliphatic heterocycles. The average molecular weight is 192 g/mol. The van der Waals surface area contributed by atoms with Crippen molar-refractivity contribution >= 4 is 0 Å². The lowest BCUT2D eigenvalue weighted by Gasteiger charge is -2.34. The molecule has 0 aromatic heterocycles. The van der Waals surface area contributed by atoms with Gasteiger partial charge < -0.3 is 4.74 Å². The normalized spacial score (nSPS) is 40.1. The van der Waals surface area contributed by atoms with Gasteiger partial charge in [-0.1, -0.05) is 37.6 Å². The van der Waals surface area contributed by atoms with Crippen molar-refractivity contribution in [1.29, 1.82) is 0 Å². The van der Waals surface area contributed by atoms with E-state index < -0.39 is 0 Å². The van der Waals surface area contributed by atoms with Crippen LogP contribution in [0.2, 0.25) is 0 Å². The number of hydrogen-bond donors (Lipinski definition) is 0. The van der Waals surface area contributed by atoms with Gasteiger partial charge in [-0.2, -0.15) is 0 Å². The Bertz CT molecular complexity index is 254. The maximum absolute atomic E-state index is 5.82. The number of ether oxygens (including phenoxy) is 1. The lowest BCUT2D eigenvalue weighted by molar-refractivity contribution is -0.0388.